The number of aryl methyl sites for hydroxylation is 1. The van der Waals surface area contributed by atoms with Crippen molar-refractivity contribution in [3.8, 4) is 0 Å². The Morgan fingerprint density at radius 1 is 1.40 bits per heavy atom. The summed E-state index contributed by atoms with van der Waals surface area (Å²) in [5.74, 6) is 0. The molecular weight excluding hydrogens is 209 g/mol. The number of hydroxylamine groups is 2. The van der Waals surface area contributed by atoms with Crippen molar-refractivity contribution < 1.29 is 18.0 Å². The predicted molar refractivity (Wildman–Crippen MR) is 48.9 cm³/mol. The fourth-order valence-corrected chi connectivity index (χ4v) is 1.32. The van der Waals surface area contributed by atoms with Crippen LogP contribution in [-0.2, 0) is 24.6 Å². The molecule has 6 heteroatoms. The molecule has 86 valence electrons. The number of nitrogens with zero attached hydrogens (tertiary/aromatic N) is 2. The minimum Gasteiger partial charge on any atom is -0.356 e. The van der Waals surface area contributed by atoms with E-state index in [1.54, 1.807) is 14.1 Å². The van der Waals surface area contributed by atoms with E-state index in [9.17, 15) is 13.2 Å². The zero-order valence-electron chi connectivity index (χ0n) is 8.80. The molecule has 0 N–H and O–H groups in total. The molecule has 0 fully saturated rings. The van der Waals surface area contributed by atoms with Crippen molar-refractivity contribution in [3.63, 3.8) is 0 Å². The standard InChI is InChI=1S/C9H13F3N2O/c1-13-4-7(5-14(2)15-3)8(6-13)9(10,11)12/h4,6H,5H2,1-3H3. The zero-order valence-corrected chi connectivity index (χ0v) is 8.80. The molecule has 1 aromatic heterocycles. The SMILES string of the molecule is CON(C)Cc1cn(C)cc1C(F)(F)F. The van der Waals surface area contributed by atoms with Gasteiger partial charge in [-0.15, -0.1) is 0 Å². The number of alkyl halides is 3. The monoisotopic (exact) mass is 222 g/mol. The quantitative estimate of drug-likeness (QED) is 0.728. The molecule has 1 heterocycles. The lowest BCUT2D eigenvalue weighted by Crippen LogP contribution is -2.18. The third-order valence-corrected chi connectivity index (χ3v) is 2.05. The smallest absolute Gasteiger partial charge is 0.356 e. The van der Waals surface area contributed by atoms with Gasteiger partial charge in [-0.2, -0.15) is 18.2 Å². The fourth-order valence-electron chi connectivity index (χ4n) is 1.32. The molecule has 0 aliphatic heterocycles. The van der Waals surface area contributed by atoms with Gasteiger partial charge in [0.2, 0.25) is 0 Å². The van der Waals surface area contributed by atoms with Crippen LogP contribution in [0.25, 0.3) is 0 Å². The van der Waals surface area contributed by atoms with E-state index in [2.05, 4.69) is 0 Å². The van der Waals surface area contributed by atoms with E-state index in [4.69, 9.17) is 4.84 Å². The third kappa shape index (κ3) is 2.97. The van der Waals surface area contributed by atoms with Crippen LogP contribution in [0, 0.1) is 0 Å². The number of halogens is 3. The summed E-state index contributed by atoms with van der Waals surface area (Å²) in [5, 5.41) is 1.34. The third-order valence-electron chi connectivity index (χ3n) is 2.05. The van der Waals surface area contributed by atoms with Crippen LogP contribution in [0.4, 0.5) is 13.2 Å². The van der Waals surface area contributed by atoms with Gasteiger partial charge in [0.25, 0.3) is 0 Å². The van der Waals surface area contributed by atoms with Gasteiger partial charge in [0.1, 0.15) is 0 Å². The van der Waals surface area contributed by atoms with Crippen LogP contribution in [-0.4, -0.2) is 23.8 Å². The molecule has 0 aliphatic rings. The molecule has 3 nitrogen and oxygen atoms in total. The lowest BCUT2D eigenvalue weighted by molar-refractivity contribution is -0.142. The Labute approximate surface area is 86.0 Å². The summed E-state index contributed by atoms with van der Waals surface area (Å²) in [6.45, 7) is 0.103. The van der Waals surface area contributed by atoms with Gasteiger partial charge in [0.05, 0.1) is 19.2 Å². The summed E-state index contributed by atoms with van der Waals surface area (Å²) in [4.78, 5) is 4.79. The first-order chi connectivity index (χ1) is 6.84. The van der Waals surface area contributed by atoms with Gasteiger partial charge < -0.3 is 9.40 Å². The zero-order chi connectivity index (χ0) is 11.6. The van der Waals surface area contributed by atoms with Crippen LogP contribution in [0.1, 0.15) is 11.1 Å². The van der Waals surface area contributed by atoms with Crippen LogP contribution in [0.5, 0.6) is 0 Å². The lowest BCUT2D eigenvalue weighted by Gasteiger charge is -2.14. The molecule has 0 radical (unpaired) electrons. The molecule has 0 bridgehead atoms. The first-order valence-electron chi connectivity index (χ1n) is 4.32. The summed E-state index contributed by atoms with van der Waals surface area (Å²) in [7, 11) is 4.55. The van der Waals surface area contributed by atoms with Gasteiger partial charge in [-0.1, -0.05) is 0 Å². The number of rotatable bonds is 3. The molecule has 0 saturated heterocycles. The fraction of sp³-hybridized carbons (Fsp3) is 0.556. The Bertz CT molecular complexity index is 333. The largest absolute Gasteiger partial charge is 0.418 e. The molecule has 0 saturated carbocycles. The average Bonchev–Trinajstić information content (AvgIpc) is 2.45. The molecule has 0 spiro atoms. The number of aromatic nitrogens is 1. The Kier molecular flexibility index (Phi) is 3.41. The van der Waals surface area contributed by atoms with Gasteiger partial charge in [-0.3, -0.25) is 0 Å². The van der Waals surface area contributed by atoms with Gasteiger partial charge in [-0.25, -0.2) is 0 Å². The maximum atomic E-state index is 12.5. The van der Waals surface area contributed by atoms with E-state index in [1.165, 1.54) is 22.9 Å². The van der Waals surface area contributed by atoms with Gasteiger partial charge in [0, 0.05) is 26.5 Å². The van der Waals surface area contributed by atoms with Crippen LogP contribution < -0.4 is 0 Å². The van der Waals surface area contributed by atoms with Crippen molar-refractivity contribution in [2.45, 2.75) is 12.7 Å². The van der Waals surface area contributed by atoms with E-state index in [0.29, 0.717) is 0 Å². The molecule has 0 atom stereocenters. The normalized spacial score (nSPS) is 12.5. The predicted octanol–water partition coefficient (Wildman–Crippen LogP) is 2.04. The maximum Gasteiger partial charge on any atom is 0.418 e. The van der Waals surface area contributed by atoms with Gasteiger partial charge in [0.15, 0.2) is 0 Å². The number of hydrogen-bond acceptors (Lipinski definition) is 2. The van der Waals surface area contributed by atoms with Crippen molar-refractivity contribution in [2.75, 3.05) is 14.2 Å². The molecule has 1 aromatic rings. The minimum atomic E-state index is -4.31. The summed E-state index contributed by atoms with van der Waals surface area (Å²) in [6, 6.07) is 0. The van der Waals surface area contributed by atoms with Crippen LogP contribution in [0.15, 0.2) is 12.4 Å². The Hall–Kier alpha value is -1.01. The van der Waals surface area contributed by atoms with E-state index >= 15 is 0 Å². The molecule has 15 heavy (non-hydrogen) atoms. The first-order valence-corrected chi connectivity index (χ1v) is 4.32. The second kappa shape index (κ2) is 4.24. The molecule has 1 rings (SSSR count). The maximum absolute atomic E-state index is 12.5. The van der Waals surface area contributed by atoms with Crippen molar-refractivity contribution in [2.24, 2.45) is 7.05 Å². The highest BCUT2D eigenvalue weighted by Crippen LogP contribution is 2.32. The molecule has 0 aliphatic carbocycles. The summed E-state index contributed by atoms with van der Waals surface area (Å²) < 4.78 is 39.0. The Balaban J connectivity index is 2.96. The van der Waals surface area contributed by atoms with Crippen LogP contribution in [0.3, 0.4) is 0 Å². The van der Waals surface area contributed by atoms with E-state index in [-0.39, 0.29) is 12.1 Å². The number of hydrogen-bond donors (Lipinski definition) is 0. The lowest BCUT2D eigenvalue weighted by atomic mass is 10.2. The molecule has 0 amide bonds. The van der Waals surface area contributed by atoms with E-state index < -0.39 is 11.7 Å². The molecule has 0 unspecified atom stereocenters. The van der Waals surface area contributed by atoms with Crippen molar-refractivity contribution in [1.29, 1.82) is 0 Å². The summed E-state index contributed by atoms with van der Waals surface area (Å²) in [5.41, 5.74) is -0.414. The minimum absolute atomic E-state index is 0.103. The molecule has 0 aromatic carbocycles. The highest BCUT2D eigenvalue weighted by molar-refractivity contribution is 5.26. The second-order valence-corrected chi connectivity index (χ2v) is 3.33. The van der Waals surface area contributed by atoms with E-state index in [1.807, 2.05) is 0 Å². The topological polar surface area (TPSA) is 17.4 Å². The second-order valence-electron chi connectivity index (χ2n) is 3.33. The highest BCUT2D eigenvalue weighted by Gasteiger charge is 2.34. The van der Waals surface area contributed by atoms with Crippen LogP contribution in [0.2, 0.25) is 0 Å². The Morgan fingerprint density at radius 3 is 2.47 bits per heavy atom. The van der Waals surface area contributed by atoms with Crippen LogP contribution >= 0.6 is 0 Å². The summed E-state index contributed by atoms with van der Waals surface area (Å²) >= 11 is 0. The van der Waals surface area contributed by atoms with Crippen molar-refractivity contribution >= 4 is 0 Å². The van der Waals surface area contributed by atoms with Crippen molar-refractivity contribution in [3.05, 3.63) is 23.5 Å². The Morgan fingerprint density at radius 2 is 2.00 bits per heavy atom. The average molecular weight is 222 g/mol. The highest BCUT2D eigenvalue weighted by atomic mass is 19.4. The van der Waals surface area contributed by atoms with Gasteiger partial charge >= 0.3 is 6.18 Å². The molecular formula is C9H13F3N2O. The van der Waals surface area contributed by atoms with Gasteiger partial charge in [-0.05, 0) is 5.56 Å². The summed E-state index contributed by atoms with van der Waals surface area (Å²) in [6.07, 6.45) is -1.80. The van der Waals surface area contributed by atoms with E-state index in [0.717, 1.165) is 6.20 Å². The first kappa shape index (κ1) is 12.1. The van der Waals surface area contributed by atoms with Crippen molar-refractivity contribution in [1.82, 2.24) is 9.63 Å².